The van der Waals surface area contributed by atoms with Crippen molar-refractivity contribution in [1.82, 2.24) is 31.1 Å². The molecule has 0 unspecified atom stereocenters. The average molecular weight is 715 g/mol. The van der Waals surface area contributed by atoms with Crippen LogP contribution in [0.2, 0.25) is 0 Å². The summed E-state index contributed by atoms with van der Waals surface area (Å²) >= 11 is 0. The van der Waals surface area contributed by atoms with Crippen LogP contribution in [0.3, 0.4) is 0 Å². The van der Waals surface area contributed by atoms with Crippen molar-refractivity contribution in [2.75, 3.05) is 132 Å². The highest BCUT2D eigenvalue weighted by atomic mass is 19.4. The second kappa shape index (κ2) is 29.6. The molecule has 1 heterocycles. The molecule has 0 bridgehead atoms. The van der Waals surface area contributed by atoms with E-state index in [1.165, 1.54) is 4.90 Å². The van der Waals surface area contributed by atoms with Crippen LogP contribution in [0, 0.1) is 0 Å². The second-order valence-electron chi connectivity index (χ2n) is 11.8. The van der Waals surface area contributed by atoms with Gasteiger partial charge in [-0.15, -0.1) is 0 Å². The number of nitrogens with zero attached hydrogens (tertiary/aromatic N) is 2. The van der Waals surface area contributed by atoms with Crippen LogP contribution in [-0.4, -0.2) is 172 Å². The van der Waals surface area contributed by atoms with E-state index in [9.17, 15) is 27.6 Å². The van der Waals surface area contributed by atoms with Crippen LogP contribution in [0.5, 0.6) is 0 Å². The number of carbonyl (C=O) groups excluding carboxylic acids is 3. The van der Waals surface area contributed by atoms with E-state index in [0.717, 1.165) is 32.5 Å². The summed E-state index contributed by atoms with van der Waals surface area (Å²) in [7, 11) is 1.74. The zero-order valence-corrected chi connectivity index (χ0v) is 29.5. The van der Waals surface area contributed by atoms with Gasteiger partial charge >= 0.3 is 6.18 Å². The number of likely N-dealkylation sites (tertiary alicyclic amines) is 1. The van der Waals surface area contributed by atoms with Crippen LogP contribution >= 0.6 is 0 Å². The Balaban J connectivity index is 1.88. The topological polar surface area (TPSA) is 152 Å². The summed E-state index contributed by atoms with van der Waals surface area (Å²) in [6.45, 7) is 9.14. The molecule has 0 aromatic carbocycles. The molecule has 14 nitrogen and oxygen atoms in total. The number of piperidine rings is 1. The molecule has 1 aliphatic rings. The number of nitrogens with one attached hydrogen (secondary N) is 4. The molecule has 0 aromatic heterocycles. The number of amides is 3. The standard InChI is InChI=1S/C32H61F3N6O8/c1-28(42)39-29-6-14-40(15-7-29)16-18-46-20-22-48-24-26-49-25-23-47-21-19-45-17-8-31(44)38-10-4-13-41(27-32(33,34)35)12-3-9-37-30(43)5-11-36-2/h29,36H,3-27H2,1-2H3,(H,37,43)(H,38,44)(H,39,42). The Bertz CT molecular complexity index is 854. The Morgan fingerprint density at radius 1 is 0.714 bits per heavy atom. The van der Waals surface area contributed by atoms with Crippen LogP contribution in [0.1, 0.15) is 45.4 Å². The minimum absolute atomic E-state index is 0.0313. The predicted octanol–water partition coefficient (Wildman–Crippen LogP) is 0.546. The van der Waals surface area contributed by atoms with Crippen molar-refractivity contribution in [2.45, 2.75) is 57.7 Å². The molecule has 1 aliphatic heterocycles. The number of hydrogen-bond donors (Lipinski definition) is 4. The van der Waals surface area contributed by atoms with Crippen LogP contribution in [0.25, 0.3) is 0 Å². The van der Waals surface area contributed by atoms with Crippen LogP contribution < -0.4 is 21.3 Å². The Morgan fingerprint density at radius 2 is 1.18 bits per heavy atom. The summed E-state index contributed by atoms with van der Waals surface area (Å²) in [5, 5.41) is 11.2. The van der Waals surface area contributed by atoms with Gasteiger partial charge in [-0.1, -0.05) is 0 Å². The summed E-state index contributed by atoms with van der Waals surface area (Å²) < 4.78 is 66.3. The van der Waals surface area contributed by atoms with Crippen molar-refractivity contribution in [3.63, 3.8) is 0 Å². The lowest BCUT2D eigenvalue weighted by Gasteiger charge is -2.31. The molecule has 1 fully saturated rings. The zero-order chi connectivity index (χ0) is 36.0. The quantitative estimate of drug-likeness (QED) is 0.0746. The third kappa shape index (κ3) is 29.3. The predicted molar refractivity (Wildman–Crippen MR) is 178 cm³/mol. The Hall–Kier alpha value is -2.12. The second-order valence-corrected chi connectivity index (χ2v) is 11.8. The van der Waals surface area contributed by atoms with E-state index in [4.69, 9.17) is 23.7 Å². The number of halogens is 3. The molecule has 0 spiro atoms. The van der Waals surface area contributed by atoms with Crippen molar-refractivity contribution in [3.8, 4) is 0 Å². The third-order valence-corrected chi connectivity index (χ3v) is 7.46. The molecular formula is C32H61F3N6O8. The Morgan fingerprint density at radius 3 is 1.65 bits per heavy atom. The van der Waals surface area contributed by atoms with E-state index in [2.05, 4.69) is 26.2 Å². The van der Waals surface area contributed by atoms with Gasteiger partial charge in [-0.3, -0.25) is 19.3 Å². The van der Waals surface area contributed by atoms with Gasteiger partial charge in [0.05, 0.1) is 72.6 Å². The van der Waals surface area contributed by atoms with Crippen molar-refractivity contribution < 1.29 is 51.2 Å². The summed E-state index contributed by atoms with van der Waals surface area (Å²) in [4.78, 5) is 38.4. The van der Waals surface area contributed by atoms with E-state index in [1.807, 2.05) is 0 Å². The summed E-state index contributed by atoms with van der Waals surface area (Å²) in [6, 6.07) is 0.285. The normalized spacial score (nSPS) is 14.3. The third-order valence-electron chi connectivity index (χ3n) is 7.46. The maximum absolute atomic E-state index is 12.9. The van der Waals surface area contributed by atoms with E-state index >= 15 is 0 Å². The first kappa shape index (κ1) is 44.9. The van der Waals surface area contributed by atoms with Crippen LogP contribution in [0.15, 0.2) is 0 Å². The first-order chi connectivity index (χ1) is 23.6. The van der Waals surface area contributed by atoms with E-state index in [-0.39, 0.29) is 56.4 Å². The molecule has 0 aliphatic carbocycles. The van der Waals surface area contributed by atoms with E-state index < -0.39 is 12.7 Å². The fourth-order valence-corrected chi connectivity index (χ4v) is 4.93. The van der Waals surface area contributed by atoms with Gasteiger partial charge in [0.15, 0.2) is 0 Å². The Kier molecular flexibility index (Phi) is 27.1. The molecule has 49 heavy (non-hydrogen) atoms. The van der Waals surface area contributed by atoms with Gasteiger partial charge in [0.2, 0.25) is 17.7 Å². The molecule has 0 aromatic rings. The average Bonchev–Trinajstić information content (AvgIpc) is 3.05. The zero-order valence-electron chi connectivity index (χ0n) is 29.5. The van der Waals surface area contributed by atoms with Gasteiger partial charge in [-0.2, -0.15) is 13.2 Å². The fraction of sp³-hybridized carbons (Fsp3) is 0.906. The largest absolute Gasteiger partial charge is 0.401 e. The lowest BCUT2D eigenvalue weighted by atomic mass is 10.1. The van der Waals surface area contributed by atoms with Gasteiger partial charge in [0.25, 0.3) is 0 Å². The highest BCUT2D eigenvalue weighted by Crippen LogP contribution is 2.16. The number of hydrogen-bond acceptors (Lipinski definition) is 11. The minimum atomic E-state index is -4.32. The maximum Gasteiger partial charge on any atom is 0.401 e. The minimum Gasteiger partial charge on any atom is -0.379 e. The molecular weight excluding hydrogens is 653 g/mol. The summed E-state index contributed by atoms with van der Waals surface area (Å²) in [6.07, 6.45) is -1.14. The van der Waals surface area contributed by atoms with Crippen molar-refractivity contribution in [1.29, 1.82) is 0 Å². The fourth-order valence-electron chi connectivity index (χ4n) is 4.93. The number of alkyl halides is 3. The first-order valence-electron chi connectivity index (χ1n) is 17.4. The molecule has 3 amide bonds. The van der Waals surface area contributed by atoms with Crippen LogP contribution in [0.4, 0.5) is 13.2 Å². The number of rotatable bonds is 31. The molecule has 0 saturated carbocycles. The van der Waals surface area contributed by atoms with Crippen molar-refractivity contribution in [2.24, 2.45) is 0 Å². The van der Waals surface area contributed by atoms with Crippen molar-refractivity contribution >= 4 is 17.7 Å². The summed E-state index contributed by atoms with van der Waals surface area (Å²) in [5.74, 6) is -0.340. The Labute approximate surface area is 289 Å². The van der Waals surface area contributed by atoms with Crippen LogP contribution in [-0.2, 0) is 38.1 Å². The highest BCUT2D eigenvalue weighted by molar-refractivity contribution is 5.76. The van der Waals surface area contributed by atoms with Crippen molar-refractivity contribution in [3.05, 3.63) is 0 Å². The van der Waals surface area contributed by atoms with E-state index in [1.54, 1.807) is 14.0 Å². The van der Waals surface area contributed by atoms with Gasteiger partial charge < -0.3 is 49.9 Å². The lowest BCUT2D eigenvalue weighted by Crippen LogP contribution is -2.44. The molecule has 0 atom stereocenters. The smallest absolute Gasteiger partial charge is 0.379 e. The molecule has 1 rings (SSSR count). The highest BCUT2D eigenvalue weighted by Gasteiger charge is 2.30. The molecule has 4 N–H and O–H groups in total. The monoisotopic (exact) mass is 714 g/mol. The summed E-state index contributed by atoms with van der Waals surface area (Å²) in [5.41, 5.74) is 0. The number of ether oxygens (including phenoxy) is 5. The maximum atomic E-state index is 12.9. The van der Waals surface area contributed by atoms with Gasteiger partial charge in [0, 0.05) is 78.2 Å². The van der Waals surface area contributed by atoms with E-state index in [0.29, 0.717) is 91.8 Å². The number of carbonyl (C=O) groups is 3. The molecule has 17 heteroatoms. The van der Waals surface area contributed by atoms with Gasteiger partial charge in [0.1, 0.15) is 0 Å². The SMILES string of the molecule is CNCCC(=O)NCCCN(CCCNC(=O)CCOCCOCCOCCOCCOCCN1CCC(NC(C)=O)CC1)CC(F)(F)F. The lowest BCUT2D eigenvalue weighted by molar-refractivity contribution is -0.146. The van der Waals surface area contributed by atoms with Gasteiger partial charge in [-0.05, 0) is 32.7 Å². The molecule has 1 saturated heterocycles. The van der Waals surface area contributed by atoms with Gasteiger partial charge in [-0.25, -0.2) is 0 Å². The first-order valence-corrected chi connectivity index (χ1v) is 17.4. The molecule has 288 valence electrons. The molecule has 0 radical (unpaired) electrons.